The predicted octanol–water partition coefficient (Wildman–Crippen LogP) is 2.11. The van der Waals surface area contributed by atoms with Crippen molar-refractivity contribution >= 4 is 5.97 Å². The molecule has 2 N–H and O–H groups in total. The SMILES string of the molecule is COCCCN.N#CCC(=O)OCCOCC=C1C=CCCC1. The van der Waals surface area contributed by atoms with E-state index in [9.17, 15) is 4.79 Å². The predicted molar refractivity (Wildman–Crippen MR) is 88.6 cm³/mol. The second-order valence-electron chi connectivity index (χ2n) is 4.84. The molecule has 0 spiro atoms. The summed E-state index contributed by atoms with van der Waals surface area (Å²) in [5, 5.41) is 8.23. The summed E-state index contributed by atoms with van der Waals surface area (Å²) in [5.41, 5.74) is 6.44. The summed E-state index contributed by atoms with van der Waals surface area (Å²) in [7, 11) is 1.68. The molecule has 1 rings (SSSR count). The molecule has 1 aliphatic carbocycles. The normalized spacial score (nSPS) is 14.7. The second-order valence-corrected chi connectivity index (χ2v) is 4.84. The standard InChI is InChI=1S/C13H17NO3.C4H11NO/c14-8-6-13(15)17-11-10-16-9-7-12-4-2-1-3-5-12;1-6-4-2-3-5/h2,4,7H,1,3,5-6,9-11H2;2-5H2,1H3. The number of nitrogens with two attached hydrogens (primary N) is 1. The van der Waals surface area contributed by atoms with Crippen LogP contribution in [-0.4, -0.2) is 46.1 Å². The number of ether oxygens (including phenoxy) is 3. The van der Waals surface area contributed by atoms with E-state index >= 15 is 0 Å². The third-order valence-corrected chi connectivity index (χ3v) is 2.90. The van der Waals surface area contributed by atoms with Crippen LogP contribution in [0.2, 0.25) is 0 Å². The monoisotopic (exact) mass is 324 g/mol. The molecule has 0 radical (unpaired) electrons. The van der Waals surface area contributed by atoms with Crippen molar-refractivity contribution in [2.75, 3.05) is 40.1 Å². The number of hydrogen-bond donors (Lipinski definition) is 1. The van der Waals surface area contributed by atoms with E-state index < -0.39 is 5.97 Å². The minimum atomic E-state index is -0.496. The van der Waals surface area contributed by atoms with Gasteiger partial charge in [-0.2, -0.15) is 5.26 Å². The largest absolute Gasteiger partial charge is 0.462 e. The van der Waals surface area contributed by atoms with Gasteiger partial charge < -0.3 is 19.9 Å². The molecule has 130 valence electrons. The summed E-state index contributed by atoms with van der Waals surface area (Å²) in [6.45, 7) is 2.63. The molecule has 0 amide bonds. The number of carbonyl (C=O) groups excluding carboxylic acids is 1. The van der Waals surface area contributed by atoms with Crippen molar-refractivity contribution in [1.82, 2.24) is 0 Å². The van der Waals surface area contributed by atoms with Gasteiger partial charge in [0.25, 0.3) is 0 Å². The quantitative estimate of drug-likeness (QED) is 0.515. The average molecular weight is 324 g/mol. The van der Waals surface area contributed by atoms with Gasteiger partial charge in [-0.1, -0.05) is 23.8 Å². The van der Waals surface area contributed by atoms with E-state index in [4.69, 9.17) is 25.2 Å². The first-order chi connectivity index (χ1) is 11.2. The van der Waals surface area contributed by atoms with Crippen molar-refractivity contribution in [2.24, 2.45) is 5.73 Å². The molecule has 0 heterocycles. The lowest BCUT2D eigenvalue weighted by atomic mass is 10.0. The van der Waals surface area contributed by atoms with Gasteiger partial charge in [0, 0.05) is 13.7 Å². The lowest BCUT2D eigenvalue weighted by molar-refractivity contribution is -0.143. The highest BCUT2D eigenvalue weighted by Crippen LogP contribution is 2.15. The number of rotatable bonds is 9. The Bertz CT molecular complexity index is 396. The van der Waals surface area contributed by atoms with Crippen LogP contribution in [0.1, 0.15) is 32.1 Å². The summed E-state index contributed by atoms with van der Waals surface area (Å²) in [6, 6.07) is 1.73. The highest BCUT2D eigenvalue weighted by molar-refractivity contribution is 5.71. The van der Waals surface area contributed by atoms with E-state index in [1.165, 1.54) is 12.0 Å². The fourth-order valence-electron chi connectivity index (χ4n) is 1.72. The highest BCUT2D eigenvalue weighted by atomic mass is 16.6. The minimum absolute atomic E-state index is 0.200. The Labute approximate surface area is 138 Å². The molecule has 23 heavy (non-hydrogen) atoms. The van der Waals surface area contributed by atoms with Crippen LogP contribution in [0.15, 0.2) is 23.8 Å². The smallest absolute Gasteiger partial charge is 0.320 e. The summed E-state index contributed by atoms with van der Waals surface area (Å²) in [5.74, 6) is -0.496. The zero-order chi connectivity index (χ0) is 17.2. The molecule has 0 saturated carbocycles. The van der Waals surface area contributed by atoms with E-state index in [0.29, 0.717) is 13.2 Å². The number of esters is 1. The molecule has 0 aromatic heterocycles. The summed E-state index contributed by atoms with van der Waals surface area (Å²) in [4.78, 5) is 10.8. The van der Waals surface area contributed by atoms with Crippen molar-refractivity contribution in [3.05, 3.63) is 23.8 Å². The minimum Gasteiger partial charge on any atom is -0.462 e. The molecular weight excluding hydrogens is 296 g/mol. The molecule has 0 saturated heterocycles. The van der Waals surface area contributed by atoms with Crippen LogP contribution in [0, 0.1) is 11.3 Å². The van der Waals surface area contributed by atoms with Crippen molar-refractivity contribution < 1.29 is 19.0 Å². The van der Waals surface area contributed by atoms with Crippen LogP contribution in [0.3, 0.4) is 0 Å². The molecule has 0 atom stereocenters. The van der Waals surface area contributed by atoms with Crippen LogP contribution in [-0.2, 0) is 19.0 Å². The fourth-order valence-corrected chi connectivity index (χ4v) is 1.72. The summed E-state index contributed by atoms with van der Waals surface area (Å²) in [6.07, 6.45) is 10.6. The Balaban J connectivity index is 0.000000688. The third kappa shape index (κ3) is 15.0. The first-order valence-electron chi connectivity index (χ1n) is 7.89. The van der Waals surface area contributed by atoms with E-state index in [0.717, 1.165) is 32.4 Å². The number of methoxy groups -OCH3 is 1. The molecule has 0 aliphatic heterocycles. The Morgan fingerprint density at radius 3 is 2.83 bits per heavy atom. The Morgan fingerprint density at radius 1 is 1.43 bits per heavy atom. The number of carbonyl (C=O) groups is 1. The molecular formula is C17H28N2O4. The molecule has 1 aliphatic rings. The van der Waals surface area contributed by atoms with Crippen LogP contribution in [0.25, 0.3) is 0 Å². The van der Waals surface area contributed by atoms with Gasteiger partial charge in [-0.05, 0) is 32.2 Å². The lowest BCUT2D eigenvalue weighted by Gasteiger charge is -2.07. The zero-order valence-electron chi connectivity index (χ0n) is 14.0. The highest BCUT2D eigenvalue weighted by Gasteiger charge is 2.00. The molecule has 6 nitrogen and oxygen atoms in total. The van der Waals surface area contributed by atoms with E-state index in [2.05, 4.69) is 12.2 Å². The number of nitriles is 1. The van der Waals surface area contributed by atoms with Gasteiger partial charge in [-0.15, -0.1) is 0 Å². The van der Waals surface area contributed by atoms with Crippen molar-refractivity contribution in [3.8, 4) is 6.07 Å². The Kier molecular flexibility index (Phi) is 15.5. The van der Waals surface area contributed by atoms with Gasteiger partial charge in [0.1, 0.15) is 13.0 Å². The Hall–Kier alpha value is -1.68. The van der Waals surface area contributed by atoms with Gasteiger partial charge in [0.05, 0.1) is 19.3 Å². The van der Waals surface area contributed by atoms with Gasteiger partial charge in [-0.25, -0.2) is 0 Å². The van der Waals surface area contributed by atoms with Gasteiger partial charge in [-0.3, -0.25) is 4.79 Å². The third-order valence-electron chi connectivity index (χ3n) is 2.90. The molecule has 0 aromatic carbocycles. The molecule has 0 bridgehead atoms. The van der Waals surface area contributed by atoms with Gasteiger partial charge in [0.15, 0.2) is 0 Å². The van der Waals surface area contributed by atoms with Crippen molar-refractivity contribution in [2.45, 2.75) is 32.1 Å². The first kappa shape index (κ1) is 21.3. The maximum atomic E-state index is 10.8. The summed E-state index contributed by atoms with van der Waals surface area (Å²) < 4.78 is 14.8. The van der Waals surface area contributed by atoms with E-state index in [1.54, 1.807) is 13.2 Å². The van der Waals surface area contributed by atoms with Crippen LogP contribution < -0.4 is 5.73 Å². The van der Waals surface area contributed by atoms with Crippen LogP contribution >= 0.6 is 0 Å². The van der Waals surface area contributed by atoms with Gasteiger partial charge in [0.2, 0.25) is 0 Å². The lowest BCUT2D eigenvalue weighted by Crippen LogP contribution is -2.10. The topological polar surface area (TPSA) is 94.6 Å². The average Bonchev–Trinajstić information content (AvgIpc) is 2.58. The maximum absolute atomic E-state index is 10.8. The Morgan fingerprint density at radius 2 is 2.26 bits per heavy atom. The van der Waals surface area contributed by atoms with Gasteiger partial charge >= 0.3 is 5.97 Å². The number of nitrogens with zero attached hydrogens (tertiary/aromatic N) is 1. The van der Waals surface area contributed by atoms with E-state index in [1.807, 2.05) is 6.08 Å². The zero-order valence-corrected chi connectivity index (χ0v) is 14.0. The van der Waals surface area contributed by atoms with Crippen LogP contribution in [0.5, 0.6) is 0 Å². The van der Waals surface area contributed by atoms with E-state index in [-0.39, 0.29) is 13.0 Å². The molecule has 0 fully saturated rings. The fraction of sp³-hybridized carbons (Fsp3) is 0.647. The number of allylic oxidation sites excluding steroid dienone is 3. The van der Waals surface area contributed by atoms with Crippen molar-refractivity contribution in [3.63, 3.8) is 0 Å². The van der Waals surface area contributed by atoms with Crippen molar-refractivity contribution in [1.29, 1.82) is 5.26 Å². The molecule has 0 aromatic rings. The maximum Gasteiger partial charge on any atom is 0.320 e. The summed E-state index contributed by atoms with van der Waals surface area (Å²) >= 11 is 0. The van der Waals surface area contributed by atoms with Crippen LogP contribution in [0.4, 0.5) is 0 Å². The second kappa shape index (κ2) is 16.7. The molecule has 6 heteroatoms. The molecule has 0 unspecified atom stereocenters. The first-order valence-corrected chi connectivity index (χ1v) is 7.89. The number of hydrogen-bond acceptors (Lipinski definition) is 6.